The number of hydrogen-bond donors (Lipinski definition) is 0. The molecule has 2 aromatic rings. The molecule has 0 radical (unpaired) electrons. The lowest BCUT2D eigenvalue weighted by atomic mass is 9.99. The van der Waals surface area contributed by atoms with E-state index < -0.39 is 0 Å². The normalized spacial score (nSPS) is 11.6. The van der Waals surface area contributed by atoms with Gasteiger partial charge in [-0.05, 0) is 17.5 Å². The van der Waals surface area contributed by atoms with Crippen LogP contribution >= 0.6 is 11.6 Å². The monoisotopic (exact) mass is 265 g/mol. The summed E-state index contributed by atoms with van der Waals surface area (Å²) in [6.07, 6.45) is 1.80. The van der Waals surface area contributed by atoms with Crippen LogP contribution in [0.4, 0.5) is 0 Å². The fourth-order valence-electron chi connectivity index (χ4n) is 1.33. The largest absolute Gasteiger partial charge is 0.476 e. The number of halogens is 1. The van der Waals surface area contributed by atoms with E-state index >= 15 is 0 Å². The molecule has 18 heavy (non-hydrogen) atoms. The van der Waals surface area contributed by atoms with E-state index in [0.29, 0.717) is 23.5 Å². The fraction of sp³-hybridized carbons (Fsp3) is 0.385. The molecule has 0 amide bonds. The van der Waals surface area contributed by atoms with Crippen LogP contribution in [0.1, 0.15) is 20.8 Å². The molecule has 0 aromatic carbocycles. The van der Waals surface area contributed by atoms with Crippen molar-refractivity contribution in [3.8, 4) is 11.7 Å². The van der Waals surface area contributed by atoms with Gasteiger partial charge in [0.2, 0.25) is 5.88 Å². The Hall–Kier alpha value is -1.55. The molecule has 0 fully saturated rings. The summed E-state index contributed by atoms with van der Waals surface area (Å²) in [4.78, 5) is 4.18. The van der Waals surface area contributed by atoms with Gasteiger partial charge in [-0.1, -0.05) is 38.4 Å². The molecule has 0 aliphatic carbocycles. The molecule has 0 aliphatic heterocycles. The second kappa shape index (κ2) is 4.98. The molecule has 2 aromatic heterocycles. The average molecular weight is 266 g/mol. The Morgan fingerprint density at radius 2 is 2.06 bits per heavy atom. The van der Waals surface area contributed by atoms with Crippen LogP contribution in [0, 0.1) is 5.41 Å². The minimum Gasteiger partial charge on any atom is -0.476 e. The van der Waals surface area contributed by atoms with E-state index in [2.05, 4.69) is 30.9 Å². The lowest BCUT2D eigenvalue weighted by Gasteiger charge is -2.17. The second-order valence-electron chi connectivity index (χ2n) is 5.27. The molecule has 5 heteroatoms. The van der Waals surface area contributed by atoms with Crippen molar-refractivity contribution in [2.45, 2.75) is 20.8 Å². The average Bonchev–Trinajstić information content (AvgIpc) is 2.74. The first kappa shape index (κ1) is 12.9. The van der Waals surface area contributed by atoms with Gasteiger partial charge in [0.05, 0.1) is 6.61 Å². The van der Waals surface area contributed by atoms with Gasteiger partial charge in [-0.15, -0.1) is 5.10 Å². The third-order valence-electron chi connectivity index (χ3n) is 2.15. The zero-order chi connectivity index (χ0) is 13.2. The lowest BCUT2D eigenvalue weighted by Crippen LogP contribution is -2.17. The van der Waals surface area contributed by atoms with Gasteiger partial charge in [-0.25, -0.2) is 9.67 Å². The molecule has 0 atom stereocenters. The number of pyridine rings is 1. The number of nitrogens with zero attached hydrogens (tertiary/aromatic N) is 3. The summed E-state index contributed by atoms with van der Waals surface area (Å²) in [7, 11) is 0. The van der Waals surface area contributed by atoms with Crippen LogP contribution in [0.5, 0.6) is 5.88 Å². The highest BCUT2D eigenvalue weighted by molar-refractivity contribution is 6.29. The van der Waals surface area contributed by atoms with Gasteiger partial charge in [0, 0.05) is 12.3 Å². The van der Waals surface area contributed by atoms with Crippen LogP contribution in [0.25, 0.3) is 5.82 Å². The lowest BCUT2D eigenvalue weighted by molar-refractivity contribution is 0.190. The van der Waals surface area contributed by atoms with E-state index in [0.717, 1.165) is 0 Å². The third-order valence-corrected chi connectivity index (χ3v) is 2.36. The van der Waals surface area contributed by atoms with Gasteiger partial charge in [-0.3, -0.25) is 0 Å². The first-order valence-corrected chi connectivity index (χ1v) is 6.13. The van der Waals surface area contributed by atoms with E-state index in [-0.39, 0.29) is 5.41 Å². The molecule has 0 N–H and O–H groups in total. The molecule has 2 heterocycles. The highest BCUT2D eigenvalue weighted by atomic mass is 35.5. The molecule has 0 aliphatic rings. The number of hydrogen-bond acceptors (Lipinski definition) is 3. The topological polar surface area (TPSA) is 39.9 Å². The van der Waals surface area contributed by atoms with Gasteiger partial charge in [0.15, 0.2) is 5.82 Å². The number of ether oxygens (including phenoxy) is 1. The molecule has 0 saturated carbocycles. The molecule has 0 saturated heterocycles. The Labute approximate surface area is 112 Å². The number of rotatable bonds is 3. The van der Waals surface area contributed by atoms with Gasteiger partial charge in [0.1, 0.15) is 5.15 Å². The van der Waals surface area contributed by atoms with E-state index in [4.69, 9.17) is 16.3 Å². The standard InChI is InChI=1S/C13H16ClN3O/c1-13(2,3)9-18-12-7-8-17(16-12)11-6-4-5-10(14)15-11/h4-8H,9H2,1-3H3. The molecule has 0 spiro atoms. The van der Waals surface area contributed by atoms with Crippen LogP contribution in [-0.2, 0) is 0 Å². The summed E-state index contributed by atoms with van der Waals surface area (Å²) in [6.45, 7) is 6.96. The SMILES string of the molecule is CC(C)(C)COc1ccn(-c2cccc(Cl)n2)n1. The molecule has 96 valence electrons. The highest BCUT2D eigenvalue weighted by Crippen LogP contribution is 2.17. The predicted molar refractivity (Wildman–Crippen MR) is 71.3 cm³/mol. The maximum Gasteiger partial charge on any atom is 0.233 e. The Morgan fingerprint density at radius 1 is 1.28 bits per heavy atom. The van der Waals surface area contributed by atoms with Crippen LogP contribution in [0.3, 0.4) is 0 Å². The molecular weight excluding hydrogens is 250 g/mol. The summed E-state index contributed by atoms with van der Waals surface area (Å²) >= 11 is 5.84. The van der Waals surface area contributed by atoms with Gasteiger partial charge >= 0.3 is 0 Å². The van der Waals surface area contributed by atoms with Crippen molar-refractivity contribution < 1.29 is 4.74 Å². The quantitative estimate of drug-likeness (QED) is 0.799. The second-order valence-corrected chi connectivity index (χ2v) is 5.65. The Kier molecular flexibility index (Phi) is 3.57. The maximum absolute atomic E-state index is 5.84. The summed E-state index contributed by atoms with van der Waals surface area (Å²) in [5.41, 5.74) is 0.109. The van der Waals surface area contributed by atoms with Gasteiger partial charge in [-0.2, -0.15) is 0 Å². The van der Waals surface area contributed by atoms with E-state index in [9.17, 15) is 0 Å². The summed E-state index contributed by atoms with van der Waals surface area (Å²) in [5.74, 6) is 1.26. The van der Waals surface area contributed by atoms with Crippen LogP contribution in [0.15, 0.2) is 30.5 Å². The smallest absolute Gasteiger partial charge is 0.233 e. The van der Waals surface area contributed by atoms with Crippen molar-refractivity contribution in [1.82, 2.24) is 14.8 Å². The van der Waals surface area contributed by atoms with Crippen molar-refractivity contribution in [2.75, 3.05) is 6.61 Å². The number of aromatic nitrogens is 3. The summed E-state index contributed by atoms with van der Waals surface area (Å²) in [6, 6.07) is 7.22. The minimum absolute atomic E-state index is 0.109. The van der Waals surface area contributed by atoms with Crippen molar-refractivity contribution in [2.24, 2.45) is 5.41 Å². The third kappa shape index (κ3) is 3.47. The van der Waals surface area contributed by atoms with Crippen molar-refractivity contribution >= 4 is 11.6 Å². The predicted octanol–water partition coefficient (Wildman–Crippen LogP) is 3.35. The van der Waals surface area contributed by atoms with Crippen molar-refractivity contribution in [3.63, 3.8) is 0 Å². The van der Waals surface area contributed by atoms with Gasteiger partial charge < -0.3 is 4.74 Å². The zero-order valence-electron chi connectivity index (χ0n) is 10.7. The minimum atomic E-state index is 0.109. The molecule has 0 unspecified atom stereocenters. The van der Waals surface area contributed by atoms with Crippen molar-refractivity contribution in [3.05, 3.63) is 35.6 Å². The Balaban J connectivity index is 2.11. The first-order valence-electron chi connectivity index (χ1n) is 5.75. The molecular formula is C13H16ClN3O. The molecule has 0 bridgehead atoms. The highest BCUT2D eigenvalue weighted by Gasteiger charge is 2.12. The van der Waals surface area contributed by atoms with Crippen LogP contribution in [-0.4, -0.2) is 21.4 Å². The van der Waals surface area contributed by atoms with Crippen LogP contribution in [0.2, 0.25) is 5.15 Å². The van der Waals surface area contributed by atoms with E-state index in [1.54, 1.807) is 16.9 Å². The van der Waals surface area contributed by atoms with E-state index in [1.165, 1.54) is 0 Å². The van der Waals surface area contributed by atoms with Gasteiger partial charge in [0.25, 0.3) is 0 Å². The Bertz CT molecular complexity index is 531. The van der Waals surface area contributed by atoms with Crippen molar-refractivity contribution in [1.29, 1.82) is 0 Å². The first-order chi connectivity index (χ1) is 8.44. The fourth-order valence-corrected chi connectivity index (χ4v) is 1.49. The zero-order valence-corrected chi connectivity index (χ0v) is 11.5. The maximum atomic E-state index is 5.84. The Morgan fingerprint density at radius 3 is 2.72 bits per heavy atom. The molecule has 4 nitrogen and oxygen atoms in total. The molecule has 2 rings (SSSR count). The summed E-state index contributed by atoms with van der Waals surface area (Å²) in [5, 5.41) is 4.74. The summed E-state index contributed by atoms with van der Waals surface area (Å²) < 4.78 is 7.25. The van der Waals surface area contributed by atoms with Crippen LogP contribution < -0.4 is 4.74 Å². The van der Waals surface area contributed by atoms with E-state index in [1.807, 2.05) is 18.2 Å².